The normalized spacial score (nSPS) is 16.7. The summed E-state index contributed by atoms with van der Waals surface area (Å²) in [5, 5.41) is 6.46. The number of esters is 1. The molecular weight excluding hydrogens is 368 g/mol. The predicted molar refractivity (Wildman–Crippen MR) is 119 cm³/mol. The Labute approximate surface area is 171 Å². The molecule has 1 heterocycles. The molecule has 0 aliphatic carbocycles. The van der Waals surface area contributed by atoms with Crippen LogP contribution in [0, 0.1) is 0 Å². The van der Waals surface area contributed by atoms with E-state index in [1.807, 2.05) is 32.0 Å². The number of nitrogens with one attached hydrogen (secondary N) is 1. The zero-order chi connectivity index (χ0) is 19.9. The van der Waals surface area contributed by atoms with Crippen molar-refractivity contribution < 1.29 is 9.53 Å². The lowest BCUT2D eigenvalue weighted by Crippen LogP contribution is -2.30. The highest BCUT2D eigenvalue weighted by Crippen LogP contribution is 2.36. The zero-order valence-corrected chi connectivity index (χ0v) is 17.6. The average Bonchev–Trinajstić information content (AvgIpc) is 2.70. The Bertz CT molecular complexity index is 899. The van der Waals surface area contributed by atoms with Gasteiger partial charge in [0.1, 0.15) is 6.04 Å². The third-order valence-corrected chi connectivity index (χ3v) is 5.79. The number of benzene rings is 2. The number of amidine groups is 1. The minimum atomic E-state index is -0.361. The zero-order valence-electron chi connectivity index (χ0n) is 16.8. The number of unbranched alkanes of at least 4 members (excludes halogenated alkanes) is 2. The van der Waals surface area contributed by atoms with E-state index in [-0.39, 0.29) is 12.0 Å². The third-order valence-electron chi connectivity index (χ3n) is 4.82. The summed E-state index contributed by atoms with van der Waals surface area (Å²) in [4.78, 5) is 17.7. The summed E-state index contributed by atoms with van der Waals surface area (Å²) in [5.41, 5.74) is 2.45. The van der Waals surface area contributed by atoms with Crippen LogP contribution in [0.2, 0.25) is 0 Å². The van der Waals surface area contributed by atoms with Crippen molar-refractivity contribution in [3.63, 3.8) is 0 Å². The summed E-state index contributed by atoms with van der Waals surface area (Å²) in [6.45, 7) is 6.32. The molecule has 0 aromatic heterocycles. The van der Waals surface area contributed by atoms with Crippen LogP contribution < -0.4 is 5.32 Å². The van der Waals surface area contributed by atoms with Gasteiger partial charge >= 0.3 is 5.97 Å². The van der Waals surface area contributed by atoms with E-state index >= 15 is 0 Å². The summed E-state index contributed by atoms with van der Waals surface area (Å²) >= 11 is 1.72. The van der Waals surface area contributed by atoms with Crippen molar-refractivity contribution >= 4 is 33.7 Å². The molecule has 0 radical (unpaired) electrons. The highest BCUT2D eigenvalue weighted by molar-refractivity contribution is 8.13. The first-order valence-corrected chi connectivity index (χ1v) is 11.0. The molecular formula is C23H28N2O2S. The number of nitrogens with zero attached hydrogens (tertiary/aromatic N) is 1. The molecule has 4 nitrogen and oxygen atoms in total. The maximum Gasteiger partial charge on any atom is 0.338 e. The average molecular weight is 397 g/mol. The van der Waals surface area contributed by atoms with Crippen LogP contribution in [0.15, 0.2) is 58.7 Å². The Kier molecular flexibility index (Phi) is 7.15. The first-order chi connectivity index (χ1) is 13.7. The number of hydrogen-bond acceptors (Lipinski definition) is 5. The molecule has 0 bridgehead atoms. The number of thioether (sulfide) groups is 1. The van der Waals surface area contributed by atoms with Crippen LogP contribution in [0.4, 0.5) is 0 Å². The summed E-state index contributed by atoms with van der Waals surface area (Å²) in [5.74, 6) is 0.716. The fourth-order valence-corrected chi connectivity index (χ4v) is 4.38. The number of allylic oxidation sites excluding steroid dienone is 1. The van der Waals surface area contributed by atoms with Gasteiger partial charge in [-0.15, -0.1) is 0 Å². The maximum atomic E-state index is 12.7. The van der Waals surface area contributed by atoms with Gasteiger partial charge in [-0.25, -0.2) is 9.79 Å². The van der Waals surface area contributed by atoms with Gasteiger partial charge in [0, 0.05) is 11.4 Å². The number of aliphatic imine (C=N–C) groups is 1. The minimum Gasteiger partial charge on any atom is -0.463 e. The first kappa shape index (κ1) is 20.5. The third kappa shape index (κ3) is 4.58. The number of hydrogen-bond donors (Lipinski definition) is 1. The quantitative estimate of drug-likeness (QED) is 0.489. The largest absolute Gasteiger partial charge is 0.463 e. The molecule has 28 heavy (non-hydrogen) atoms. The topological polar surface area (TPSA) is 50.7 Å². The highest BCUT2D eigenvalue weighted by atomic mass is 32.2. The van der Waals surface area contributed by atoms with Crippen LogP contribution in [0.5, 0.6) is 0 Å². The molecule has 5 heteroatoms. The van der Waals surface area contributed by atoms with Crippen LogP contribution in [-0.2, 0) is 9.53 Å². The molecule has 1 aliphatic heterocycles. The molecule has 1 atom stereocenters. The van der Waals surface area contributed by atoms with Crippen molar-refractivity contribution in [2.24, 2.45) is 4.99 Å². The Morgan fingerprint density at radius 3 is 2.71 bits per heavy atom. The van der Waals surface area contributed by atoms with Gasteiger partial charge in [0.2, 0.25) is 0 Å². The van der Waals surface area contributed by atoms with Crippen molar-refractivity contribution in [1.82, 2.24) is 5.32 Å². The molecule has 0 saturated heterocycles. The van der Waals surface area contributed by atoms with E-state index in [4.69, 9.17) is 9.73 Å². The predicted octanol–water partition coefficient (Wildman–Crippen LogP) is 5.60. The summed E-state index contributed by atoms with van der Waals surface area (Å²) in [6.07, 6.45) is 3.58. The Morgan fingerprint density at radius 1 is 1.14 bits per heavy atom. The smallest absolute Gasteiger partial charge is 0.338 e. The van der Waals surface area contributed by atoms with Crippen LogP contribution in [0.1, 0.15) is 51.6 Å². The summed E-state index contributed by atoms with van der Waals surface area (Å²) in [6, 6.07) is 14.1. The minimum absolute atomic E-state index is 0.302. The SMILES string of the molecule is CCCCCSC1=NC(c2cccc3ccccc23)C(C(=O)OCC)=C(C)N1. The van der Waals surface area contributed by atoms with Crippen LogP contribution >= 0.6 is 11.8 Å². The van der Waals surface area contributed by atoms with Crippen LogP contribution in [0.3, 0.4) is 0 Å². The number of rotatable bonds is 7. The molecule has 0 fully saturated rings. The van der Waals surface area contributed by atoms with Crippen molar-refractivity contribution in [2.75, 3.05) is 12.4 Å². The fourth-order valence-electron chi connectivity index (χ4n) is 3.43. The first-order valence-electron chi connectivity index (χ1n) is 9.98. The Morgan fingerprint density at radius 2 is 1.93 bits per heavy atom. The molecule has 2 aromatic carbocycles. The maximum absolute atomic E-state index is 12.7. The molecule has 2 aromatic rings. The monoisotopic (exact) mass is 396 g/mol. The highest BCUT2D eigenvalue weighted by Gasteiger charge is 2.31. The summed E-state index contributed by atoms with van der Waals surface area (Å²) < 4.78 is 5.35. The van der Waals surface area contributed by atoms with Gasteiger partial charge in [-0.1, -0.05) is 74.0 Å². The van der Waals surface area contributed by atoms with Crippen molar-refractivity contribution in [2.45, 2.75) is 46.1 Å². The van der Waals surface area contributed by atoms with Gasteiger partial charge in [-0.3, -0.25) is 0 Å². The lowest BCUT2D eigenvalue weighted by molar-refractivity contribution is -0.138. The van der Waals surface area contributed by atoms with Crippen LogP contribution in [-0.4, -0.2) is 23.5 Å². The van der Waals surface area contributed by atoms with E-state index in [2.05, 4.69) is 36.5 Å². The fraction of sp³-hybridized carbons (Fsp3) is 0.391. The molecule has 0 spiro atoms. The van der Waals surface area contributed by atoms with Crippen molar-refractivity contribution in [1.29, 1.82) is 0 Å². The molecule has 3 rings (SSSR count). The molecule has 1 N–H and O–H groups in total. The van der Waals surface area contributed by atoms with Crippen molar-refractivity contribution in [3.05, 3.63) is 59.3 Å². The number of carbonyl (C=O) groups is 1. The second kappa shape index (κ2) is 9.78. The molecule has 1 unspecified atom stereocenters. The van der Waals surface area contributed by atoms with E-state index in [1.54, 1.807) is 11.8 Å². The van der Waals surface area contributed by atoms with E-state index in [0.717, 1.165) is 39.4 Å². The summed E-state index contributed by atoms with van der Waals surface area (Å²) in [7, 11) is 0. The van der Waals surface area contributed by atoms with Crippen LogP contribution in [0.25, 0.3) is 10.8 Å². The van der Waals surface area contributed by atoms with Gasteiger partial charge in [0.15, 0.2) is 5.17 Å². The Balaban J connectivity index is 2.00. The van der Waals surface area contributed by atoms with E-state index < -0.39 is 0 Å². The molecule has 1 aliphatic rings. The van der Waals surface area contributed by atoms with E-state index in [1.165, 1.54) is 12.8 Å². The Hall–Kier alpha value is -2.27. The number of carbonyl (C=O) groups excluding carboxylic acids is 1. The molecule has 0 amide bonds. The number of fused-ring (bicyclic) bond motifs is 1. The second-order valence-corrected chi connectivity index (χ2v) is 7.93. The molecule has 148 valence electrons. The van der Waals surface area contributed by atoms with E-state index in [0.29, 0.717) is 12.2 Å². The molecule has 0 saturated carbocycles. The van der Waals surface area contributed by atoms with E-state index in [9.17, 15) is 4.79 Å². The second-order valence-electron chi connectivity index (χ2n) is 6.84. The van der Waals surface area contributed by atoms with Gasteiger partial charge in [0.05, 0.1) is 12.2 Å². The van der Waals surface area contributed by atoms with Gasteiger partial charge < -0.3 is 10.1 Å². The van der Waals surface area contributed by atoms with Crippen molar-refractivity contribution in [3.8, 4) is 0 Å². The standard InChI is InChI=1S/C23H28N2O2S/c1-4-6-9-15-28-23-24-16(3)20(22(26)27-5-2)21(25-23)19-14-10-12-17-11-7-8-13-18(17)19/h7-8,10-14,21H,4-6,9,15H2,1-3H3,(H,24,25). The number of ether oxygens (including phenoxy) is 1. The van der Waals surface area contributed by atoms with Gasteiger partial charge in [0.25, 0.3) is 0 Å². The van der Waals surface area contributed by atoms with Gasteiger partial charge in [-0.05, 0) is 36.6 Å². The lowest BCUT2D eigenvalue weighted by Gasteiger charge is -2.26. The van der Waals surface area contributed by atoms with Gasteiger partial charge in [-0.2, -0.15) is 0 Å². The lowest BCUT2D eigenvalue weighted by atomic mass is 9.92.